The molecule has 0 atom stereocenters. The molecule has 1 amide bonds. The zero-order valence-electron chi connectivity index (χ0n) is 13.9. The van der Waals surface area contributed by atoms with Crippen molar-refractivity contribution in [3.63, 3.8) is 0 Å². The first-order valence-corrected chi connectivity index (χ1v) is 9.47. The average Bonchev–Trinajstić information content (AvgIpc) is 2.52. The van der Waals surface area contributed by atoms with Gasteiger partial charge >= 0.3 is 0 Å². The number of carbonyl (C=O) groups is 1. The summed E-state index contributed by atoms with van der Waals surface area (Å²) in [5.74, 6) is 0.000566. The smallest absolute Gasteiger partial charge is 0.270 e. The summed E-state index contributed by atoms with van der Waals surface area (Å²) in [5.41, 5.74) is 0.234. The van der Waals surface area contributed by atoms with E-state index in [-0.39, 0.29) is 22.5 Å². The Morgan fingerprint density at radius 1 is 1.33 bits per heavy atom. The second kappa shape index (κ2) is 6.76. The summed E-state index contributed by atoms with van der Waals surface area (Å²) in [4.78, 5) is 25.3. The van der Waals surface area contributed by atoms with Crippen LogP contribution in [0.5, 0.6) is 0 Å². The molecule has 1 aliphatic heterocycles. The molecule has 8 nitrogen and oxygen atoms in total. The van der Waals surface area contributed by atoms with Gasteiger partial charge in [-0.3, -0.25) is 14.9 Å². The summed E-state index contributed by atoms with van der Waals surface area (Å²) in [5, 5.41) is 10.9. The van der Waals surface area contributed by atoms with Crippen LogP contribution in [0.15, 0.2) is 23.1 Å². The number of piperidine rings is 1. The Hall–Kier alpha value is -2.16. The van der Waals surface area contributed by atoms with Crippen molar-refractivity contribution in [1.29, 1.82) is 0 Å². The minimum atomic E-state index is -3.59. The Morgan fingerprint density at radius 3 is 2.38 bits per heavy atom. The van der Waals surface area contributed by atoms with Crippen molar-refractivity contribution in [2.45, 2.75) is 30.7 Å². The molecule has 1 aromatic rings. The molecule has 0 spiro atoms. The largest absolute Gasteiger partial charge is 0.370 e. The second-order valence-corrected chi connectivity index (χ2v) is 8.01. The van der Waals surface area contributed by atoms with Gasteiger partial charge in [0.2, 0.25) is 5.91 Å². The maximum Gasteiger partial charge on any atom is 0.270 e. The van der Waals surface area contributed by atoms with Gasteiger partial charge in [0.15, 0.2) is 9.84 Å². The van der Waals surface area contributed by atoms with E-state index in [4.69, 9.17) is 0 Å². The average molecular weight is 355 g/mol. The Bertz CT molecular complexity index is 754. The van der Waals surface area contributed by atoms with Crippen LogP contribution in [0.4, 0.5) is 11.4 Å². The van der Waals surface area contributed by atoms with E-state index in [1.165, 1.54) is 19.1 Å². The topological polar surface area (TPSA) is 101 Å². The molecule has 1 saturated heterocycles. The normalized spacial score (nSPS) is 16.0. The number of hydrogen-bond acceptors (Lipinski definition) is 6. The van der Waals surface area contributed by atoms with E-state index in [2.05, 4.69) is 0 Å². The Labute approximate surface area is 141 Å². The number of carbonyl (C=O) groups excluding carboxylic acids is 1. The van der Waals surface area contributed by atoms with Crippen LogP contribution in [0.3, 0.4) is 0 Å². The molecule has 0 bridgehead atoms. The van der Waals surface area contributed by atoms with E-state index in [0.29, 0.717) is 18.8 Å². The SMILES string of the molecule is CC(=O)N(C)C1CCN(c2ccc([N+](=O)[O-])cc2S(C)(=O)=O)CC1. The zero-order chi connectivity index (χ0) is 18.1. The minimum Gasteiger partial charge on any atom is -0.370 e. The fraction of sp³-hybridized carbons (Fsp3) is 0.533. The summed E-state index contributed by atoms with van der Waals surface area (Å²) < 4.78 is 24.1. The van der Waals surface area contributed by atoms with E-state index >= 15 is 0 Å². The fourth-order valence-electron chi connectivity index (χ4n) is 2.93. The highest BCUT2D eigenvalue weighted by molar-refractivity contribution is 7.90. The van der Waals surface area contributed by atoms with Gasteiger partial charge in [-0.25, -0.2) is 8.42 Å². The molecular weight excluding hydrogens is 334 g/mol. The maximum absolute atomic E-state index is 12.0. The van der Waals surface area contributed by atoms with E-state index in [0.717, 1.165) is 25.2 Å². The Balaban J connectivity index is 2.27. The molecule has 0 unspecified atom stereocenters. The molecule has 0 saturated carbocycles. The quantitative estimate of drug-likeness (QED) is 0.598. The number of sulfone groups is 1. The highest BCUT2D eigenvalue weighted by atomic mass is 32.2. The summed E-state index contributed by atoms with van der Waals surface area (Å²) in [6, 6.07) is 4.04. The number of rotatable bonds is 4. The van der Waals surface area contributed by atoms with Crippen molar-refractivity contribution in [2.24, 2.45) is 0 Å². The first-order chi connectivity index (χ1) is 11.1. The van der Waals surface area contributed by atoms with E-state index in [1.807, 2.05) is 4.90 Å². The monoisotopic (exact) mass is 355 g/mol. The van der Waals surface area contributed by atoms with Crippen molar-refractivity contribution >= 4 is 27.1 Å². The fourth-order valence-corrected chi connectivity index (χ4v) is 3.84. The molecule has 1 heterocycles. The molecular formula is C15H21N3O5S. The van der Waals surface area contributed by atoms with Crippen LogP contribution in [0.2, 0.25) is 0 Å². The number of non-ortho nitro benzene ring substituents is 1. The second-order valence-electron chi connectivity index (χ2n) is 6.03. The predicted octanol–water partition coefficient (Wildman–Crippen LogP) is 1.45. The third-order valence-electron chi connectivity index (χ3n) is 4.40. The third-order valence-corrected chi connectivity index (χ3v) is 5.53. The lowest BCUT2D eigenvalue weighted by molar-refractivity contribution is -0.385. The van der Waals surface area contributed by atoms with Crippen LogP contribution >= 0.6 is 0 Å². The first-order valence-electron chi connectivity index (χ1n) is 7.58. The molecule has 1 aliphatic rings. The lowest BCUT2D eigenvalue weighted by Crippen LogP contribution is -2.45. The Morgan fingerprint density at radius 2 is 1.92 bits per heavy atom. The zero-order valence-corrected chi connectivity index (χ0v) is 14.7. The van der Waals surface area contributed by atoms with Crippen molar-refractivity contribution in [3.8, 4) is 0 Å². The van der Waals surface area contributed by atoms with Gasteiger partial charge in [-0.2, -0.15) is 0 Å². The highest BCUT2D eigenvalue weighted by Crippen LogP contribution is 2.31. The van der Waals surface area contributed by atoms with Gasteiger partial charge in [0, 0.05) is 51.5 Å². The van der Waals surface area contributed by atoms with Gasteiger partial charge in [-0.1, -0.05) is 0 Å². The third kappa shape index (κ3) is 3.84. The van der Waals surface area contributed by atoms with E-state index in [1.54, 1.807) is 11.9 Å². The van der Waals surface area contributed by atoms with Gasteiger partial charge in [0.1, 0.15) is 0 Å². The lowest BCUT2D eigenvalue weighted by atomic mass is 10.0. The van der Waals surface area contributed by atoms with Crippen LogP contribution in [0, 0.1) is 10.1 Å². The number of amides is 1. The number of hydrogen-bond donors (Lipinski definition) is 0. The molecule has 0 N–H and O–H groups in total. The number of benzene rings is 1. The number of nitro groups is 1. The predicted molar refractivity (Wildman–Crippen MR) is 89.9 cm³/mol. The molecule has 9 heteroatoms. The standard InChI is InChI=1S/C15H21N3O5S/c1-11(19)16(2)12-6-8-17(9-7-12)14-5-4-13(18(20)21)10-15(14)24(3,22)23/h4-5,10,12H,6-9H2,1-3H3. The molecule has 0 aliphatic carbocycles. The number of nitro benzene ring substituents is 1. The molecule has 0 radical (unpaired) electrons. The van der Waals surface area contributed by atoms with Crippen molar-refractivity contribution in [3.05, 3.63) is 28.3 Å². The van der Waals surface area contributed by atoms with Gasteiger partial charge in [0.25, 0.3) is 5.69 Å². The maximum atomic E-state index is 12.0. The minimum absolute atomic E-state index is 0.000566. The Kier molecular flexibility index (Phi) is 5.12. The van der Waals surface area contributed by atoms with Gasteiger partial charge < -0.3 is 9.80 Å². The summed E-state index contributed by atoms with van der Waals surface area (Å²) in [6.07, 6.45) is 2.48. The highest BCUT2D eigenvalue weighted by Gasteiger charge is 2.27. The van der Waals surface area contributed by atoms with Gasteiger partial charge in [0.05, 0.1) is 15.5 Å². The lowest BCUT2D eigenvalue weighted by Gasteiger charge is -2.38. The summed E-state index contributed by atoms with van der Waals surface area (Å²) >= 11 is 0. The van der Waals surface area contributed by atoms with Crippen molar-refractivity contribution in [2.75, 3.05) is 31.3 Å². The van der Waals surface area contributed by atoms with Crippen LogP contribution in [-0.4, -0.2) is 56.6 Å². The molecule has 1 aromatic carbocycles. The van der Waals surface area contributed by atoms with Gasteiger partial charge in [-0.15, -0.1) is 0 Å². The molecule has 24 heavy (non-hydrogen) atoms. The number of nitrogens with zero attached hydrogens (tertiary/aromatic N) is 3. The summed E-state index contributed by atoms with van der Waals surface area (Å²) in [7, 11) is -1.83. The molecule has 1 fully saturated rings. The van der Waals surface area contributed by atoms with Crippen molar-refractivity contribution < 1.29 is 18.1 Å². The first kappa shape index (κ1) is 18.2. The van der Waals surface area contributed by atoms with Crippen LogP contribution in [0.1, 0.15) is 19.8 Å². The van der Waals surface area contributed by atoms with Crippen LogP contribution in [0.25, 0.3) is 0 Å². The molecule has 2 rings (SSSR count). The van der Waals surface area contributed by atoms with E-state index in [9.17, 15) is 23.3 Å². The number of anilines is 1. The van der Waals surface area contributed by atoms with Crippen molar-refractivity contribution in [1.82, 2.24) is 4.90 Å². The summed E-state index contributed by atoms with van der Waals surface area (Å²) in [6.45, 7) is 2.69. The molecule has 0 aromatic heterocycles. The van der Waals surface area contributed by atoms with Crippen LogP contribution < -0.4 is 4.90 Å². The molecule has 132 valence electrons. The van der Waals surface area contributed by atoms with Crippen LogP contribution in [-0.2, 0) is 14.6 Å². The van der Waals surface area contributed by atoms with Gasteiger partial charge in [-0.05, 0) is 18.9 Å². The van der Waals surface area contributed by atoms with E-state index < -0.39 is 14.8 Å².